The van der Waals surface area contributed by atoms with Gasteiger partial charge in [-0.05, 0) is 31.0 Å². The van der Waals surface area contributed by atoms with E-state index in [0.717, 1.165) is 12.8 Å². The van der Waals surface area contributed by atoms with Crippen molar-refractivity contribution in [2.75, 3.05) is 20.3 Å². The van der Waals surface area contributed by atoms with Crippen LogP contribution in [0.3, 0.4) is 0 Å². The zero-order valence-electron chi connectivity index (χ0n) is 15.6. The van der Waals surface area contributed by atoms with Crippen molar-refractivity contribution in [3.8, 4) is 0 Å². The number of ether oxygens (including phenoxy) is 1. The highest BCUT2D eigenvalue weighted by molar-refractivity contribution is 5.91. The van der Waals surface area contributed by atoms with Gasteiger partial charge < -0.3 is 9.64 Å². The van der Waals surface area contributed by atoms with Gasteiger partial charge in [0.25, 0.3) is 11.5 Å². The first-order valence-electron chi connectivity index (χ1n) is 9.27. The SMILES string of the molecule is COCCn1c(C2CCCN2C(=O)c2ncccn2)nc2ccccc2c1=O. The van der Waals surface area contributed by atoms with Crippen LogP contribution in [-0.2, 0) is 11.3 Å². The summed E-state index contributed by atoms with van der Waals surface area (Å²) in [5.74, 6) is 0.493. The van der Waals surface area contributed by atoms with Crippen LogP contribution in [0.25, 0.3) is 10.9 Å². The Morgan fingerprint density at radius 1 is 1.21 bits per heavy atom. The summed E-state index contributed by atoms with van der Waals surface area (Å²) in [4.78, 5) is 40.7. The van der Waals surface area contributed by atoms with E-state index in [1.54, 1.807) is 41.1 Å². The average molecular weight is 379 g/mol. The Hall–Kier alpha value is -3.13. The lowest BCUT2D eigenvalue weighted by atomic mass is 10.1. The highest BCUT2D eigenvalue weighted by Gasteiger charge is 2.35. The molecule has 2 aromatic heterocycles. The van der Waals surface area contributed by atoms with Crippen LogP contribution in [0.5, 0.6) is 0 Å². The van der Waals surface area contributed by atoms with E-state index in [1.165, 1.54) is 0 Å². The molecule has 0 radical (unpaired) electrons. The summed E-state index contributed by atoms with van der Waals surface area (Å²) in [5, 5.41) is 0.560. The number of rotatable bonds is 5. The van der Waals surface area contributed by atoms with E-state index in [2.05, 4.69) is 9.97 Å². The lowest BCUT2D eigenvalue weighted by molar-refractivity contribution is 0.0712. The molecule has 0 N–H and O–H groups in total. The van der Waals surface area contributed by atoms with Crippen molar-refractivity contribution in [2.24, 2.45) is 0 Å². The number of likely N-dealkylation sites (tertiary alicyclic amines) is 1. The highest BCUT2D eigenvalue weighted by Crippen LogP contribution is 2.32. The number of para-hydroxylation sites is 1. The van der Waals surface area contributed by atoms with Crippen molar-refractivity contribution in [3.05, 3.63) is 64.7 Å². The molecular formula is C20H21N5O3. The lowest BCUT2D eigenvalue weighted by Crippen LogP contribution is -2.36. The van der Waals surface area contributed by atoms with Crippen LogP contribution in [-0.4, -0.2) is 50.6 Å². The Kier molecular flexibility index (Phi) is 5.12. The third kappa shape index (κ3) is 3.27. The highest BCUT2D eigenvalue weighted by atomic mass is 16.5. The minimum Gasteiger partial charge on any atom is -0.383 e. The van der Waals surface area contributed by atoms with Crippen LogP contribution >= 0.6 is 0 Å². The van der Waals surface area contributed by atoms with Crippen LogP contribution in [0, 0.1) is 0 Å². The molecule has 144 valence electrons. The fraction of sp³-hybridized carbons (Fsp3) is 0.350. The maximum absolute atomic E-state index is 13.1. The third-order valence-electron chi connectivity index (χ3n) is 4.98. The van der Waals surface area contributed by atoms with Gasteiger partial charge in [0.2, 0.25) is 5.82 Å². The van der Waals surface area contributed by atoms with Crippen LogP contribution in [0.15, 0.2) is 47.5 Å². The molecule has 1 fully saturated rings. The van der Waals surface area contributed by atoms with Crippen molar-refractivity contribution in [3.63, 3.8) is 0 Å². The van der Waals surface area contributed by atoms with Gasteiger partial charge in [-0.3, -0.25) is 14.2 Å². The van der Waals surface area contributed by atoms with Gasteiger partial charge in [0.05, 0.1) is 30.1 Å². The smallest absolute Gasteiger partial charge is 0.292 e. The maximum atomic E-state index is 13.1. The van der Waals surface area contributed by atoms with Crippen LogP contribution < -0.4 is 5.56 Å². The fourth-order valence-corrected chi connectivity index (χ4v) is 3.65. The first kappa shape index (κ1) is 18.2. The monoisotopic (exact) mass is 379 g/mol. The molecular weight excluding hydrogens is 358 g/mol. The van der Waals surface area contributed by atoms with E-state index >= 15 is 0 Å². The van der Waals surface area contributed by atoms with E-state index in [1.807, 2.05) is 18.2 Å². The summed E-state index contributed by atoms with van der Waals surface area (Å²) >= 11 is 0. The topological polar surface area (TPSA) is 90.2 Å². The minimum atomic E-state index is -0.300. The van der Waals surface area contributed by atoms with Crippen LogP contribution in [0.1, 0.15) is 35.3 Å². The second kappa shape index (κ2) is 7.85. The van der Waals surface area contributed by atoms with Crippen molar-refractivity contribution in [1.29, 1.82) is 0 Å². The summed E-state index contributed by atoms with van der Waals surface area (Å²) in [5.41, 5.74) is 0.513. The largest absolute Gasteiger partial charge is 0.383 e. The number of aromatic nitrogens is 4. The van der Waals surface area contributed by atoms with E-state index in [4.69, 9.17) is 9.72 Å². The summed E-state index contributed by atoms with van der Waals surface area (Å²) in [7, 11) is 1.59. The van der Waals surface area contributed by atoms with Gasteiger partial charge in [-0.15, -0.1) is 0 Å². The standard InChI is InChI=1S/C20H21N5O3/c1-28-13-12-25-18(23-15-7-3-2-6-14(15)19(25)26)16-8-4-11-24(16)20(27)17-21-9-5-10-22-17/h2-3,5-7,9-10,16H,4,8,11-13H2,1H3. The Bertz CT molecular complexity index is 1050. The zero-order chi connectivity index (χ0) is 19.5. The number of carbonyl (C=O) groups is 1. The molecule has 0 saturated carbocycles. The molecule has 1 aliphatic rings. The number of benzene rings is 1. The average Bonchev–Trinajstić information content (AvgIpc) is 3.23. The molecule has 3 heterocycles. The van der Waals surface area contributed by atoms with Crippen molar-refractivity contribution < 1.29 is 9.53 Å². The summed E-state index contributed by atoms with van der Waals surface area (Å²) < 4.78 is 6.82. The number of methoxy groups -OCH3 is 1. The molecule has 8 heteroatoms. The number of carbonyl (C=O) groups excluding carboxylic acids is 1. The molecule has 1 unspecified atom stereocenters. The molecule has 1 amide bonds. The molecule has 4 rings (SSSR count). The summed E-state index contributed by atoms with van der Waals surface area (Å²) in [6.07, 6.45) is 4.66. The molecule has 28 heavy (non-hydrogen) atoms. The van der Waals surface area contributed by atoms with E-state index in [-0.39, 0.29) is 23.3 Å². The van der Waals surface area contributed by atoms with Crippen molar-refractivity contribution in [2.45, 2.75) is 25.4 Å². The first-order valence-corrected chi connectivity index (χ1v) is 9.27. The van der Waals surface area contributed by atoms with Crippen LogP contribution in [0.2, 0.25) is 0 Å². The second-order valence-electron chi connectivity index (χ2n) is 6.67. The lowest BCUT2D eigenvalue weighted by Gasteiger charge is -2.26. The molecule has 0 spiro atoms. The Morgan fingerprint density at radius 3 is 2.79 bits per heavy atom. The quantitative estimate of drug-likeness (QED) is 0.672. The molecule has 1 aromatic carbocycles. The summed E-state index contributed by atoms with van der Waals surface area (Å²) in [6, 6.07) is 8.64. The third-order valence-corrected chi connectivity index (χ3v) is 4.98. The fourth-order valence-electron chi connectivity index (χ4n) is 3.65. The van der Waals surface area contributed by atoms with Crippen molar-refractivity contribution in [1.82, 2.24) is 24.4 Å². The maximum Gasteiger partial charge on any atom is 0.292 e. The number of hydrogen-bond donors (Lipinski definition) is 0. The number of nitrogens with zero attached hydrogens (tertiary/aromatic N) is 5. The predicted octanol–water partition coefficient (Wildman–Crippen LogP) is 1.81. The van der Waals surface area contributed by atoms with Gasteiger partial charge in [0, 0.05) is 26.0 Å². The molecule has 1 aliphatic heterocycles. The molecule has 1 saturated heterocycles. The van der Waals surface area contributed by atoms with Gasteiger partial charge in [0.1, 0.15) is 5.82 Å². The van der Waals surface area contributed by atoms with Gasteiger partial charge in [-0.1, -0.05) is 12.1 Å². The van der Waals surface area contributed by atoms with Gasteiger partial charge in [0.15, 0.2) is 0 Å². The molecule has 0 bridgehead atoms. The van der Waals surface area contributed by atoms with E-state index in [0.29, 0.717) is 36.4 Å². The van der Waals surface area contributed by atoms with E-state index in [9.17, 15) is 9.59 Å². The van der Waals surface area contributed by atoms with Gasteiger partial charge in [-0.25, -0.2) is 15.0 Å². The summed E-state index contributed by atoms with van der Waals surface area (Å²) in [6.45, 7) is 1.34. The van der Waals surface area contributed by atoms with Gasteiger partial charge >= 0.3 is 0 Å². The molecule has 1 atom stereocenters. The normalized spacial score (nSPS) is 16.6. The van der Waals surface area contributed by atoms with Gasteiger partial charge in [-0.2, -0.15) is 0 Å². The minimum absolute atomic E-state index is 0.118. The number of fused-ring (bicyclic) bond motifs is 1. The predicted molar refractivity (Wildman–Crippen MR) is 103 cm³/mol. The number of hydrogen-bond acceptors (Lipinski definition) is 6. The van der Waals surface area contributed by atoms with Crippen LogP contribution in [0.4, 0.5) is 0 Å². The second-order valence-corrected chi connectivity index (χ2v) is 6.67. The Morgan fingerprint density at radius 2 is 2.00 bits per heavy atom. The molecule has 3 aromatic rings. The van der Waals surface area contributed by atoms with E-state index < -0.39 is 0 Å². The number of amides is 1. The molecule has 8 nitrogen and oxygen atoms in total. The van der Waals surface area contributed by atoms with Crippen molar-refractivity contribution >= 4 is 16.8 Å². The molecule has 0 aliphatic carbocycles. The Balaban J connectivity index is 1.80. The Labute approximate surface area is 161 Å². The zero-order valence-corrected chi connectivity index (χ0v) is 15.6. The first-order chi connectivity index (χ1) is 13.7.